The highest BCUT2D eigenvalue weighted by Gasteiger charge is 2.34. The van der Waals surface area contributed by atoms with Crippen molar-refractivity contribution in [3.05, 3.63) is 46.3 Å². The molecule has 8 nitrogen and oxygen atoms in total. The molecule has 3 rings (SSSR count). The number of ether oxygens (including phenoxy) is 1. The lowest BCUT2D eigenvalue weighted by Gasteiger charge is -2.28. The van der Waals surface area contributed by atoms with Crippen LogP contribution in [0, 0.1) is 0 Å². The molecule has 1 fully saturated rings. The first-order chi connectivity index (χ1) is 13.8. The second kappa shape index (κ2) is 8.77. The van der Waals surface area contributed by atoms with Gasteiger partial charge in [-0.1, -0.05) is 25.5 Å². The first kappa shape index (κ1) is 21.0. The molecule has 1 aromatic heterocycles. The Bertz CT molecular complexity index is 1070. The lowest BCUT2D eigenvalue weighted by molar-refractivity contribution is -0.136. The third-order valence-electron chi connectivity index (χ3n) is 4.88. The van der Waals surface area contributed by atoms with Crippen LogP contribution in [-0.4, -0.2) is 55.9 Å². The number of hydrogen-bond donors (Lipinski definition) is 0. The molecule has 29 heavy (non-hydrogen) atoms. The summed E-state index contributed by atoms with van der Waals surface area (Å²) in [5.74, 6) is -1.69. The highest BCUT2D eigenvalue weighted by Crippen LogP contribution is 2.19. The molecule has 9 heteroatoms. The summed E-state index contributed by atoms with van der Waals surface area (Å²) in [6.07, 6.45) is 1.94. The number of amides is 1. The molecule has 1 atom stereocenters. The number of carbonyl (C=O) groups is 2. The van der Waals surface area contributed by atoms with Gasteiger partial charge in [0, 0.05) is 18.7 Å². The fourth-order valence-electron chi connectivity index (χ4n) is 3.35. The lowest BCUT2D eigenvalue weighted by atomic mass is 10.2. The first-order valence-electron chi connectivity index (χ1n) is 9.50. The molecule has 1 saturated heterocycles. The molecule has 0 saturated carbocycles. The monoisotopic (exact) mass is 421 g/mol. The van der Waals surface area contributed by atoms with E-state index >= 15 is 0 Å². The van der Waals surface area contributed by atoms with Gasteiger partial charge in [0.15, 0.2) is 21.9 Å². The van der Waals surface area contributed by atoms with Crippen molar-refractivity contribution in [3.8, 4) is 0 Å². The molecule has 1 amide bonds. The summed E-state index contributed by atoms with van der Waals surface area (Å²) >= 11 is 0. The van der Waals surface area contributed by atoms with Crippen LogP contribution in [0.25, 0.3) is 11.0 Å². The van der Waals surface area contributed by atoms with Crippen LogP contribution in [0.3, 0.4) is 0 Å². The van der Waals surface area contributed by atoms with Crippen molar-refractivity contribution in [3.63, 3.8) is 0 Å². The number of fused-ring (bicyclic) bond motifs is 1. The van der Waals surface area contributed by atoms with Crippen LogP contribution in [0.1, 0.15) is 36.7 Å². The number of unbranched alkanes of at least 4 members (excludes halogenated alkanes) is 1. The summed E-state index contributed by atoms with van der Waals surface area (Å²) < 4.78 is 34.0. The number of sulfone groups is 1. The Morgan fingerprint density at radius 1 is 1.28 bits per heavy atom. The number of nitrogens with zero attached hydrogens (tertiary/aromatic N) is 1. The van der Waals surface area contributed by atoms with Gasteiger partial charge in [-0.15, -0.1) is 0 Å². The van der Waals surface area contributed by atoms with Crippen LogP contribution in [0.4, 0.5) is 0 Å². The van der Waals surface area contributed by atoms with E-state index in [1.54, 1.807) is 24.3 Å². The second-order valence-corrected chi connectivity index (χ2v) is 9.27. The number of rotatable bonds is 7. The zero-order chi connectivity index (χ0) is 21.0. The number of para-hydroxylation sites is 1. The minimum atomic E-state index is -3.15. The molecule has 156 valence electrons. The maximum Gasteiger partial charge on any atom is 0.374 e. The van der Waals surface area contributed by atoms with Gasteiger partial charge in [0.1, 0.15) is 5.58 Å². The normalized spacial score (nSPS) is 17.9. The molecule has 2 aromatic rings. The molecule has 0 unspecified atom stereocenters. The molecule has 0 spiro atoms. The summed E-state index contributed by atoms with van der Waals surface area (Å²) in [7, 11) is -3.15. The molecule has 1 aliphatic heterocycles. The van der Waals surface area contributed by atoms with Crippen LogP contribution in [0.2, 0.25) is 0 Å². The van der Waals surface area contributed by atoms with E-state index in [2.05, 4.69) is 0 Å². The minimum absolute atomic E-state index is 0.0512. The average Bonchev–Trinajstić information content (AvgIpc) is 3.05. The van der Waals surface area contributed by atoms with E-state index in [-0.39, 0.29) is 28.3 Å². The average molecular weight is 421 g/mol. The predicted molar refractivity (Wildman–Crippen MR) is 106 cm³/mol. The lowest BCUT2D eigenvalue weighted by Crippen LogP contribution is -2.43. The Balaban J connectivity index is 1.69. The van der Waals surface area contributed by atoms with Crippen molar-refractivity contribution in [1.29, 1.82) is 0 Å². The third kappa shape index (κ3) is 5.03. The van der Waals surface area contributed by atoms with Crippen LogP contribution in [0.15, 0.2) is 39.5 Å². The van der Waals surface area contributed by atoms with Crippen molar-refractivity contribution in [2.45, 2.75) is 32.2 Å². The topological polar surface area (TPSA) is 111 Å². The largest absolute Gasteiger partial charge is 0.450 e. The Hall–Kier alpha value is -2.68. The van der Waals surface area contributed by atoms with Crippen LogP contribution in [0.5, 0.6) is 0 Å². The van der Waals surface area contributed by atoms with Crippen LogP contribution >= 0.6 is 0 Å². The smallest absolute Gasteiger partial charge is 0.374 e. The van der Waals surface area contributed by atoms with E-state index in [4.69, 9.17) is 9.15 Å². The van der Waals surface area contributed by atoms with Gasteiger partial charge in [0.05, 0.1) is 16.9 Å². The molecular formula is C20H23NO7S. The summed E-state index contributed by atoms with van der Waals surface area (Å²) in [6.45, 7) is 1.82. The third-order valence-corrected chi connectivity index (χ3v) is 6.63. The molecule has 0 N–H and O–H groups in total. The van der Waals surface area contributed by atoms with Crippen molar-refractivity contribution >= 4 is 32.7 Å². The SMILES string of the molecule is CCCCN(C(=O)COC(=O)c1cc(=O)c2ccccc2o1)[C@@H]1CCS(=O)(=O)C1. The van der Waals surface area contributed by atoms with E-state index in [0.29, 0.717) is 18.4 Å². The van der Waals surface area contributed by atoms with Crippen molar-refractivity contribution in [2.24, 2.45) is 0 Å². The van der Waals surface area contributed by atoms with Gasteiger partial charge in [0.2, 0.25) is 5.76 Å². The van der Waals surface area contributed by atoms with E-state index < -0.39 is 34.4 Å². The Kier molecular flexibility index (Phi) is 6.36. The molecule has 0 radical (unpaired) electrons. The molecule has 1 aliphatic rings. The fourth-order valence-corrected chi connectivity index (χ4v) is 5.08. The standard InChI is InChI=1S/C20H23NO7S/c1-2-3-9-21(14-8-10-29(25,26)13-14)19(23)12-27-20(24)18-11-16(22)15-6-4-5-7-17(15)28-18/h4-7,11,14H,2-3,8-10,12-13H2,1H3/t14-/m1/s1. The minimum Gasteiger partial charge on any atom is -0.450 e. The summed E-state index contributed by atoms with van der Waals surface area (Å²) in [6, 6.07) is 7.13. The zero-order valence-electron chi connectivity index (χ0n) is 16.1. The highest BCUT2D eigenvalue weighted by molar-refractivity contribution is 7.91. The zero-order valence-corrected chi connectivity index (χ0v) is 16.9. The first-order valence-corrected chi connectivity index (χ1v) is 11.3. The number of hydrogen-bond acceptors (Lipinski definition) is 7. The molecule has 0 bridgehead atoms. The summed E-state index contributed by atoms with van der Waals surface area (Å²) in [5.41, 5.74) is -0.134. The predicted octanol–water partition coefficient (Wildman–Crippen LogP) is 1.77. The van der Waals surface area contributed by atoms with E-state index in [1.807, 2.05) is 6.92 Å². The highest BCUT2D eigenvalue weighted by atomic mass is 32.2. The maximum atomic E-state index is 12.6. The Morgan fingerprint density at radius 3 is 2.72 bits per heavy atom. The van der Waals surface area contributed by atoms with Gasteiger partial charge in [-0.25, -0.2) is 13.2 Å². The molecular weight excluding hydrogens is 398 g/mol. The number of benzene rings is 1. The molecule has 1 aromatic carbocycles. The van der Waals surface area contributed by atoms with Gasteiger partial charge in [-0.3, -0.25) is 9.59 Å². The molecule has 0 aliphatic carbocycles. The maximum absolute atomic E-state index is 12.6. The Labute approximate surface area is 168 Å². The summed E-state index contributed by atoms with van der Waals surface area (Å²) in [5, 5.41) is 0.341. The van der Waals surface area contributed by atoms with E-state index in [1.165, 1.54) is 4.90 Å². The number of esters is 1. The second-order valence-electron chi connectivity index (χ2n) is 7.04. The van der Waals surface area contributed by atoms with Crippen molar-refractivity contribution < 1.29 is 27.2 Å². The van der Waals surface area contributed by atoms with Crippen LogP contribution in [-0.2, 0) is 19.4 Å². The van der Waals surface area contributed by atoms with Crippen molar-refractivity contribution in [2.75, 3.05) is 24.7 Å². The van der Waals surface area contributed by atoms with Gasteiger partial charge >= 0.3 is 5.97 Å². The van der Waals surface area contributed by atoms with Gasteiger partial charge in [-0.2, -0.15) is 0 Å². The van der Waals surface area contributed by atoms with Gasteiger partial charge < -0.3 is 14.1 Å². The van der Waals surface area contributed by atoms with E-state index in [9.17, 15) is 22.8 Å². The number of carbonyl (C=O) groups excluding carboxylic acids is 2. The molecule has 2 heterocycles. The van der Waals surface area contributed by atoms with E-state index in [0.717, 1.165) is 18.9 Å². The van der Waals surface area contributed by atoms with Crippen LogP contribution < -0.4 is 5.43 Å². The van der Waals surface area contributed by atoms with Gasteiger partial charge in [-0.05, 0) is 25.0 Å². The van der Waals surface area contributed by atoms with Crippen molar-refractivity contribution in [1.82, 2.24) is 4.90 Å². The Morgan fingerprint density at radius 2 is 2.03 bits per heavy atom. The quantitative estimate of drug-likeness (QED) is 0.626. The summed E-state index contributed by atoms with van der Waals surface area (Å²) in [4.78, 5) is 38.5. The fraction of sp³-hybridized carbons (Fsp3) is 0.450. The van der Waals surface area contributed by atoms with Gasteiger partial charge in [0.25, 0.3) is 5.91 Å².